The summed E-state index contributed by atoms with van der Waals surface area (Å²) in [4.78, 5) is 4.05. The van der Waals surface area contributed by atoms with Crippen molar-refractivity contribution >= 4 is 22.6 Å². The molecule has 1 aliphatic heterocycles. The zero-order valence-corrected chi connectivity index (χ0v) is 16.0. The van der Waals surface area contributed by atoms with Gasteiger partial charge < -0.3 is 9.67 Å². The predicted octanol–water partition coefficient (Wildman–Crippen LogP) is 3.56. The highest BCUT2D eigenvalue weighted by Gasteiger charge is 2.38. The normalized spacial score (nSPS) is 17.4. The van der Waals surface area contributed by atoms with Gasteiger partial charge in [-0.25, -0.2) is 4.98 Å². The Bertz CT molecular complexity index is 980. The molecule has 0 bridgehead atoms. The molecule has 26 heavy (non-hydrogen) atoms. The molecule has 0 spiro atoms. The molecule has 4 rings (SSSR count). The van der Waals surface area contributed by atoms with E-state index in [2.05, 4.69) is 39.7 Å². The van der Waals surface area contributed by atoms with Crippen molar-refractivity contribution in [1.29, 1.82) is 10.5 Å². The summed E-state index contributed by atoms with van der Waals surface area (Å²) in [5.74, 6) is 0. The summed E-state index contributed by atoms with van der Waals surface area (Å²) in [6, 6.07) is 18.6. The number of rotatable bonds is 1. The van der Waals surface area contributed by atoms with Crippen molar-refractivity contribution in [2.75, 3.05) is 0 Å². The van der Waals surface area contributed by atoms with Crippen LogP contribution in [0.15, 0.2) is 61.1 Å². The van der Waals surface area contributed by atoms with Crippen LogP contribution >= 0.6 is 22.6 Å². The van der Waals surface area contributed by atoms with E-state index in [0.717, 1.165) is 26.9 Å². The number of halogens is 1. The number of nitrogens with zero attached hydrogens (tertiary/aromatic N) is 4. The molecular weight excluding hydrogens is 439 g/mol. The minimum atomic E-state index is -0.968. The van der Waals surface area contributed by atoms with Crippen molar-refractivity contribution in [3.63, 3.8) is 0 Å². The van der Waals surface area contributed by atoms with Gasteiger partial charge in [0.25, 0.3) is 0 Å². The van der Waals surface area contributed by atoms with E-state index in [0.29, 0.717) is 12.0 Å². The lowest BCUT2D eigenvalue weighted by Gasteiger charge is -2.22. The van der Waals surface area contributed by atoms with Gasteiger partial charge in [-0.05, 0) is 64.6 Å². The first kappa shape index (κ1) is 18.1. The lowest BCUT2D eigenvalue weighted by Crippen LogP contribution is -2.23. The first-order valence-corrected chi connectivity index (χ1v) is 9.04. The smallest absolute Gasteiger partial charge is 0.133 e. The van der Waals surface area contributed by atoms with Gasteiger partial charge in [0, 0.05) is 16.5 Å². The van der Waals surface area contributed by atoms with E-state index in [1.165, 1.54) is 0 Å². The molecular formula is C20H15IN4O. The molecule has 0 fully saturated rings. The maximum Gasteiger partial charge on any atom is 0.133 e. The Morgan fingerprint density at radius 2 is 1.58 bits per heavy atom. The summed E-state index contributed by atoms with van der Waals surface area (Å²) in [5.41, 5.74) is 1.99. The molecule has 2 aromatic carbocycles. The van der Waals surface area contributed by atoms with Crippen molar-refractivity contribution in [3.8, 4) is 12.1 Å². The topological polar surface area (TPSA) is 85.6 Å². The summed E-state index contributed by atoms with van der Waals surface area (Å²) in [5, 5.41) is 27.9. The molecule has 0 saturated heterocycles. The summed E-state index contributed by atoms with van der Waals surface area (Å²) in [6.07, 6.45) is 4.08. The number of imidazole rings is 1. The molecule has 6 heteroatoms. The van der Waals surface area contributed by atoms with Crippen molar-refractivity contribution in [1.82, 2.24) is 9.55 Å². The Labute approximate surface area is 165 Å². The number of hydrogen-bond donors (Lipinski definition) is 1. The minimum absolute atomic E-state index is 0.601. The molecule has 2 heterocycles. The second kappa shape index (κ2) is 7.69. The maximum absolute atomic E-state index is 10.7. The molecule has 128 valence electrons. The monoisotopic (exact) mass is 454 g/mol. The standard InChI is InChI=1S/C13H11N3O.C7H4IN/c14-7-10-1-3-11(4-2-10)13(17)5-6-16-9-15-8-12(13)16;8-7-3-1-6(5-9)2-4-7/h1-4,8-9,17H,5-6H2;1-4H. The molecule has 3 aromatic rings. The van der Waals surface area contributed by atoms with Crippen LogP contribution in [0.3, 0.4) is 0 Å². The molecule has 1 N–H and O–H groups in total. The number of benzene rings is 2. The van der Waals surface area contributed by atoms with Crippen LogP contribution in [0.2, 0.25) is 0 Å². The van der Waals surface area contributed by atoms with Crippen LogP contribution in [0.25, 0.3) is 0 Å². The van der Waals surface area contributed by atoms with E-state index in [1.54, 1.807) is 36.8 Å². The third-order valence-corrected chi connectivity index (χ3v) is 5.03. The first-order chi connectivity index (χ1) is 12.6. The molecule has 1 unspecified atom stereocenters. The maximum atomic E-state index is 10.7. The Hall–Kier alpha value is -2.68. The number of nitriles is 2. The van der Waals surface area contributed by atoms with Crippen molar-refractivity contribution < 1.29 is 5.11 Å². The van der Waals surface area contributed by atoms with Crippen LogP contribution in [-0.4, -0.2) is 14.7 Å². The molecule has 1 aliphatic rings. The molecule has 0 aliphatic carbocycles. The number of fused-ring (bicyclic) bond motifs is 1. The van der Waals surface area contributed by atoms with Crippen LogP contribution in [0.1, 0.15) is 28.8 Å². The van der Waals surface area contributed by atoms with E-state index in [4.69, 9.17) is 10.5 Å². The highest BCUT2D eigenvalue weighted by molar-refractivity contribution is 14.1. The summed E-state index contributed by atoms with van der Waals surface area (Å²) in [7, 11) is 0. The van der Waals surface area contributed by atoms with Gasteiger partial charge in [0.2, 0.25) is 0 Å². The van der Waals surface area contributed by atoms with Crippen LogP contribution in [0, 0.1) is 26.2 Å². The summed E-state index contributed by atoms with van der Waals surface area (Å²) in [6.45, 7) is 0.770. The number of hydrogen-bond acceptors (Lipinski definition) is 4. The van der Waals surface area contributed by atoms with Crippen molar-refractivity contribution in [2.24, 2.45) is 0 Å². The molecule has 0 radical (unpaired) electrons. The highest BCUT2D eigenvalue weighted by Crippen LogP contribution is 2.38. The highest BCUT2D eigenvalue weighted by atomic mass is 127. The third-order valence-electron chi connectivity index (χ3n) is 4.32. The van der Waals surface area contributed by atoms with E-state index in [-0.39, 0.29) is 0 Å². The SMILES string of the molecule is N#Cc1ccc(C2(O)CCn3cncc32)cc1.N#Cc1ccc(I)cc1. The average molecular weight is 454 g/mol. The molecule has 1 atom stereocenters. The Morgan fingerprint density at radius 1 is 1.00 bits per heavy atom. The second-order valence-corrected chi connectivity index (χ2v) is 7.14. The summed E-state index contributed by atoms with van der Waals surface area (Å²) < 4.78 is 3.12. The van der Waals surface area contributed by atoms with Crippen molar-refractivity contribution in [2.45, 2.75) is 18.6 Å². The van der Waals surface area contributed by atoms with E-state index >= 15 is 0 Å². The Morgan fingerprint density at radius 3 is 2.15 bits per heavy atom. The van der Waals surface area contributed by atoms with Gasteiger partial charge in [-0.15, -0.1) is 0 Å². The molecule has 0 saturated carbocycles. The van der Waals surface area contributed by atoms with Crippen LogP contribution in [-0.2, 0) is 12.1 Å². The lowest BCUT2D eigenvalue weighted by atomic mass is 9.89. The van der Waals surface area contributed by atoms with Crippen LogP contribution in [0.5, 0.6) is 0 Å². The van der Waals surface area contributed by atoms with E-state index < -0.39 is 5.60 Å². The molecule has 0 amide bonds. The zero-order valence-electron chi connectivity index (χ0n) is 13.8. The summed E-state index contributed by atoms with van der Waals surface area (Å²) >= 11 is 2.20. The number of aromatic nitrogens is 2. The predicted molar refractivity (Wildman–Crippen MR) is 105 cm³/mol. The first-order valence-electron chi connectivity index (χ1n) is 7.96. The third kappa shape index (κ3) is 3.62. The fourth-order valence-electron chi connectivity index (χ4n) is 2.89. The lowest BCUT2D eigenvalue weighted by molar-refractivity contribution is 0.0825. The molecule has 1 aromatic heterocycles. The van der Waals surface area contributed by atoms with Gasteiger partial charge in [0.05, 0.1) is 41.5 Å². The second-order valence-electron chi connectivity index (χ2n) is 5.89. The van der Waals surface area contributed by atoms with Crippen LogP contribution < -0.4 is 0 Å². The van der Waals surface area contributed by atoms with E-state index in [1.807, 2.05) is 28.8 Å². The van der Waals surface area contributed by atoms with Crippen LogP contribution in [0.4, 0.5) is 0 Å². The van der Waals surface area contributed by atoms with Gasteiger partial charge in [-0.2, -0.15) is 10.5 Å². The fourth-order valence-corrected chi connectivity index (χ4v) is 3.25. The Kier molecular flexibility index (Phi) is 5.36. The van der Waals surface area contributed by atoms with Gasteiger partial charge in [-0.3, -0.25) is 0 Å². The van der Waals surface area contributed by atoms with Gasteiger partial charge in [0.1, 0.15) is 5.60 Å². The minimum Gasteiger partial charge on any atom is -0.379 e. The van der Waals surface area contributed by atoms with Gasteiger partial charge in [0.15, 0.2) is 0 Å². The quantitative estimate of drug-likeness (QED) is 0.570. The number of aliphatic hydroxyl groups is 1. The fraction of sp³-hybridized carbons (Fsp3) is 0.150. The van der Waals surface area contributed by atoms with Gasteiger partial charge >= 0.3 is 0 Å². The zero-order chi connectivity index (χ0) is 18.6. The Balaban J connectivity index is 0.000000185. The average Bonchev–Trinajstić information content (AvgIpc) is 3.28. The molecule has 5 nitrogen and oxygen atoms in total. The van der Waals surface area contributed by atoms with E-state index in [9.17, 15) is 5.11 Å². The van der Waals surface area contributed by atoms with Crippen molar-refractivity contribution in [3.05, 3.63) is 87.0 Å². The number of aryl methyl sites for hydroxylation is 1. The largest absolute Gasteiger partial charge is 0.379 e. The van der Waals surface area contributed by atoms with Gasteiger partial charge in [-0.1, -0.05) is 12.1 Å².